The van der Waals surface area contributed by atoms with Crippen molar-refractivity contribution in [1.29, 1.82) is 0 Å². The molecule has 1 aliphatic rings. The molecular formula is C19H20N2OS. The molecule has 0 aliphatic heterocycles. The third kappa shape index (κ3) is 2.79. The minimum Gasteiger partial charge on any atom is -0.351 e. The standard InChI is InChI=1S/C19H20N2OS/c1-12-7-13(2)16-9-18(20-17(16)8-12)19(22)21(15-3-4-15)10-14-5-6-23-11-14/h5-9,11,15,20H,3-4,10H2,1-2H3. The fourth-order valence-electron chi connectivity index (χ4n) is 3.20. The maximum absolute atomic E-state index is 13.0. The summed E-state index contributed by atoms with van der Waals surface area (Å²) in [5, 5.41) is 5.34. The van der Waals surface area contributed by atoms with Gasteiger partial charge in [-0.05, 0) is 72.3 Å². The highest BCUT2D eigenvalue weighted by molar-refractivity contribution is 7.07. The van der Waals surface area contributed by atoms with E-state index in [0.29, 0.717) is 18.3 Å². The van der Waals surface area contributed by atoms with Gasteiger partial charge in [0.1, 0.15) is 5.69 Å². The van der Waals surface area contributed by atoms with Gasteiger partial charge < -0.3 is 9.88 Å². The van der Waals surface area contributed by atoms with Crippen LogP contribution < -0.4 is 0 Å². The zero-order valence-electron chi connectivity index (χ0n) is 13.4. The summed E-state index contributed by atoms with van der Waals surface area (Å²) in [5.41, 5.74) is 5.41. The highest BCUT2D eigenvalue weighted by Gasteiger charge is 2.33. The maximum atomic E-state index is 13.0. The first-order valence-corrected chi connectivity index (χ1v) is 8.98. The van der Waals surface area contributed by atoms with Crippen LogP contribution in [0.5, 0.6) is 0 Å². The third-order valence-corrected chi connectivity index (χ3v) is 5.23. The Kier molecular flexibility index (Phi) is 3.49. The summed E-state index contributed by atoms with van der Waals surface area (Å²) in [6, 6.07) is 8.78. The van der Waals surface area contributed by atoms with Gasteiger partial charge in [0, 0.05) is 23.5 Å². The Hall–Kier alpha value is -2.07. The van der Waals surface area contributed by atoms with Crippen LogP contribution in [0, 0.1) is 13.8 Å². The number of aryl methyl sites for hydroxylation is 2. The number of aromatic amines is 1. The van der Waals surface area contributed by atoms with Crippen molar-refractivity contribution in [3.8, 4) is 0 Å². The number of carbonyl (C=O) groups is 1. The molecule has 23 heavy (non-hydrogen) atoms. The number of hydrogen-bond acceptors (Lipinski definition) is 2. The largest absolute Gasteiger partial charge is 0.351 e. The lowest BCUT2D eigenvalue weighted by Gasteiger charge is -2.21. The minimum absolute atomic E-state index is 0.118. The molecule has 0 saturated heterocycles. The van der Waals surface area contributed by atoms with Gasteiger partial charge in [-0.15, -0.1) is 0 Å². The summed E-state index contributed by atoms with van der Waals surface area (Å²) < 4.78 is 0. The van der Waals surface area contributed by atoms with Crippen molar-refractivity contribution >= 4 is 28.1 Å². The molecule has 1 aliphatic carbocycles. The van der Waals surface area contributed by atoms with Crippen LogP contribution in [-0.2, 0) is 6.54 Å². The van der Waals surface area contributed by atoms with Gasteiger partial charge in [0.25, 0.3) is 5.91 Å². The Bertz CT molecular complexity index is 859. The topological polar surface area (TPSA) is 36.1 Å². The molecule has 1 saturated carbocycles. The fourth-order valence-corrected chi connectivity index (χ4v) is 3.86. The van der Waals surface area contributed by atoms with Crippen LogP contribution >= 0.6 is 11.3 Å². The molecule has 1 amide bonds. The second-order valence-corrected chi connectivity index (χ2v) is 7.30. The molecule has 1 N–H and O–H groups in total. The lowest BCUT2D eigenvalue weighted by atomic mass is 10.1. The van der Waals surface area contributed by atoms with Gasteiger partial charge in [0.2, 0.25) is 0 Å². The highest BCUT2D eigenvalue weighted by Crippen LogP contribution is 2.31. The van der Waals surface area contributed by atoms with Gasteiger partial charge in [-0.1, -0.05) is 6.07 Å². The average Bonchev–Trinajstić information content (AvgIpc) is 3.05. The van der Waals surface area contributed by atoms with Crippen molar-refractivity contribution in [3.63, 3.8) is 0 Å². The molecule has 0 unspecified atom stereocenters. The minimum atomic E-state index is 0.118. The lowest BCUT2D eigenvalue weighted by molar-refractivity contribution is 0.0725. The van der Waals surface area contributed by atoms with Gasteiger partial charge in [-0.3, -0.25) is 4.79 Å². The van der Waals surface area contributed by atoms with Gasteiger partial charge in [0.15, 0.2) is 0 Å². The molecule has 0 radical (unpaired) electrons. The Balaban J connectivity index is 1.67. The van der Waals surface area contributed by atoms with Crippen LogP contribution in [0.15, 0.2) is 35.0 Å². The highest BCUT2D eigenvalue weighted by atomic mass is 32.1. The molecule has 118 valence electrons. The average molecular weight is 324 g/mol. The molecule has 4 rings (SSSR count). The molecule has 2 aromatic heterocycles. The van der Waals surface area contributed by atoms with E-state index in [1.54, 1.807) is 11.3 Å². The van der Waals surface area contributed by atoms with Crippen LogP contribution in [-0.4, -0.2) is 21.8 Å². The summed E-state index contributed by atoms with van der Waals surface area (Å²) in [4.78, 5) is 18.4. The van der Waals surface area contributed by atoms with E-state index in [2.05, 4.69) is 47.8 Å². The van der Waals surface area contributed by atoms with Crippen molar-refractivity contribution in [1.82, 2.24) is 9.88 Å². The van der Waals surface area contributed by atoms with E-state index in [0.717, 1.165) is 23.7 Å². The second kappa shape index (κ2) is 5.53. The van der Waals surface area contributed by atoms with Crippen molar-refractivity contribution in [2.45, 2.75) is 39.3 Å². The summed E-state index contributed by atoms with van der Waals surface area (Å²) >= 11 is 1.68. The van der Waals surface area contributed by atoms with Crippen LogP contribution in [0.4, 0.5) is 0 Å². The first-order valence-electron chi connectivity index (χ1n) is 8.04. The van der Waals surface area contributed by atoms with Crippen LogP contribution in [0.25, 0.3) is 10.9 Å². The molecule has 0 spiro atoms. The van der Waals surface area contributed by atoms with Crippen molar-refractivity contribution in [3.05, 3.63) is 57.4 Å². The quantitative estimate of drug-likeness (QED) is 0.745. The number of nitrogens with one attached hydrogen (secondary N) is 1. The zero-order chi connectivity index (χ0) is 16.0. The number of thiophene rings is 1. The molecule has 3 nitrogen and oxygen atoms in total. The molecule has 4 heteroatoms. The number of benzene rings is 1. The number of amides is 1. The number of fused-ring (bicyclic) bond motifs is 1. The number of rotatable bonds is 4. The first-order chi connectivity index (χ1) is 11.1. The molecule has 1 aromatic carbocycles. The van der Waals surface area contributed by atoms with Crippen molar-refractivity contribution in [2.24, 2.45) is 0 Å². The molecule has 2 heterocycles. The van der Waals surface area contributed by atoms with E-state index < -0.39 is 0 Å². The molecular weight excluding hydrogens is 304 g/mol. The molecule has 1 fully saturated rings. The van der Waals surface area contributed by atoms with E-state index in [1.165, 1.54) is 16.7 Å². The summed E-state index contributed by atoms with van der Waals surface area (Å²) in [6.45, 7) is 4.89. The summed E-state index contributed by atoms with van der Waals surface area (Å²) in [7, 11) is 0. The van der Waals surface area contributed by atoms with E-state index in [4.69, 9.17) is 0 Å². The number of carbonyl (C=O) groups excluding carboxylic acids is 1. The summed E-state index contributed by atoms with van der Waals surface area (Å²) in [6.07, 6.45) is 2.24. The van der Waals surface area contributed by atoms with Gasteiger partial charge >= 0.3 is 0 Å². The van der Waals surface area contributed by atoms with Crippen molar-refractivity contribution < 1.29 is 4.79 Å². The SMILES string of the molecule is Cc1cc(C)c2cc(C(=O)N(Cc3ccsc3)C3CC3)[nH]c2c1. The number of H-pyrrole nitrogens is 1. The normalized spacial score (nSPS) is 14.3. The van der Waals surface area contributed by atoms with Crippen LogP contribution in [0.2, 0.25) is 0 Å². The van der Waals surface area contributed by atoms with E-state index in [-0.39, 0.29) is 5.91 Å². The second-order valence-electron chi connectivity index (χ2n) is 6.52. The Labute approximate surface area is 139 Å². The summed E-state index contributed by atoms with van der Waals surface area (Å²) in [5.74, 6) is 0.118. The number of aromatic nitrogens is 1. The number of hydrogen-bond donors (Lipinski definition) is 1. The Morgan fingerprint density at radius 3 is 2.83 bits per heavy atom. The smallest absolute Gasteiger partial charge is 0.270 e. The van der Waals surface area contributed by atoms with E-state index in [9.17, 15) is 4.79 Å². The molecule has 3 aromatic rings. The Morgan fingerprint density at radius 1 is 1.30 bits per heavy atom. The van der Waals surface area contributed by atoms with Gasteiger partial charge in [-0.25, -0.2) is 0 Å². The first kappa shape index (κ1) is 14.5. The van der Waals surface area contributed by atoms with Gasteiger partial charge in [-0.2, -0.15) is 11.3 Å². The third-order valence-electron chi connectivity index (χ3n) is 4.50. The lowest BCUT2D eigenvalue weighted by Crippen LogP contribution is -2.32. The zero-order valence-corrected chi connectivity index (χ0v) is 14.2. The predicted octanol–water partition coefficient (Wildman–Crippen LogP) is 4.65. The molecule has 0 bridgehead atoms. The van der Waals surface area contributed by atoms with Crippen LogP contribution in [0.3, 0.4) is 0 Å². The number of nitrogens with zero attached hydrogens (tertiary/aromatic N) is 1. The van der Waals surface area contributed by atoms with Gasteiger partial charge in [0.05, 0.1) is 0 Å². The van der Waals surface area contributed by atoms with Crippen LogP contribution in [0.1, 0.15) is 40.0 Å². The predicted molar refractivity (Wildman–Crippen MR) is 95.0 cm³/mol. The van der Waals surface area contributed by atoms with E-state index >= 15 is 0 Å². The molecule has 0 atom stereocenters. The fraction of sp³-hybridized carbons (Fsp3) is 0.316. The monoisotopic (exact) mass is 324 g/mol. The maximum Gasteiger partial charge on any atom is 0.270 e. The Morgan fingerprint density at radius 2 is 2.13 bits per heavy atom. The van der Waals surface area contributed by atoms with Crippen molar-refractivity contribution in [2.75, 3.05) is 0 Å². The van der Waals surface area contributed by atoms with E-state index in [1.807, 2.05) is 11.0 Å².